The summed E-state index contributed by atoms with van der Waals surface area (Å²) in [4.78, 5) is 18.5. The molecule has 27 heavy (non-hydrogen) atoms. The van der Waals surface area contributed by atoms with E-state index in [-0.39, 0.29) is 5.91 Å². The van der Waals surface area contributed by atoms with Crippen molar-refractivity contribution in [3.8, 4) is 0 Å². The Bertz CT molecular complexity index is 934. The number of H-pyrrole nitrogens is 1. The van der Waals surface area contributed by atoms with E-state index >= 15 is 0 Å². The Morgan fingerprint density at radius 3 is 2.59 bits per heavy atom. The minimum Gasteiger partial charge on any atom is -0.361 e. The number of fused-ring (bicyclic) bond motifs is 1. The summed E-state index contributed by atoms with van der Waals surface area (Å²) in [5.41, 5.74) is 5.73. The highest BCUT2D eigenvalue weighted by Crippen LogP contribution is 2.27. The van der Waals surface area contributed by atoms with Crippen LogP contribution in [0.1, 0.15) is 46.8 Å². The van der Waals surface area contributed by atoms with Gasteiger partial charge in [0.05, 0.1) is 0 Å². The Balaban J connectivity index is 1.46. The minimum absolute atomic E-state index is 0.191. The lowest BCUT2D eigenvalue weighted by atomic mass is 9.90. The van der Waals surface area contributed by atoms with E-state index in [2.05, 4.69) is 60.6 Å². The van der Waals surface area contributed by atoms with Gasteiger partial charge < -0.3 is 9.88 Å². The molecule has 0 aliphatic carbocycles. The van der Waals surface area contributed by atoms with Crippen LogP contribution in [0.4, 0.5) is 0 Å². The second kappa shape index (κ2) is 7.59. The Morgan fingerprint density at radius 1 is 1.15 bits per heavy atom. The van der Waals surface area contributed by atoms with E-state index in [1.165, 1.54) is 16.5 Å². The summed E-state index contributed by atoms with van der Waals surface area (Å²) in [5, 5.41) is 1.19. The fourth-order valence-electron chi connectivity index (χ4n) is 4.32. The Labute approximate surface area is 161 Å². The van der Waals surface area contributed by atoms with Crippen molar-refractivity contribution in [3.05, 3.63) is 70.9 Å². The average molecular weight is 361 g/mol. The van der Waals surface area contributed by atoms with E-state index in [0.29, 0.717) is 5.92 Å². The van der Waals surface area contributed by atoms with Crippen LogP contribution in [0.25, 0.3) is 10.9 Å². The highest BCUT2D eigenvalue weighted by atomic mass is 16.2. The summed E-state index contributed by atoms with van der Waals surface area (Å²) < 4.78 is 0. The maximum absolute atomic E-state index is 13.2. The van der Waals surface area contributed by atoms with Crippen molar-refractivity contribution in [3.63, 3.8) is 0 Å². The number of nitrogens with one attached hydrogen (secondary N) is 1. The SMILES string of the molecule is CCc1c[nH]c2cc(C)c(C(=O)N3CCC(Cc4ccccc4)CC3)cc12. The normalized spacial score (nSPS) is 15.4. The number of aromatic nitrogens is 1. The van der Waals surface area contributed by atoms with Crippen LogP contribution in [0.5, 0.6) is 0 Å². The van der Waals surface area contributed by atoms with Crippen LogP contribution in [0.15, 0.2) is 48.7 Å². The highest BCUT2D eigenvalue weighted by molar-refractivity contribution is 6.00. The number of aromatic amines is 1. The standard InChI is InChI=1S/C24H28N2O/c1-3-20-16-25-23-13-17(2)21(15-22(20)23)24(27)26-11-9-19(10-12-26)14-18-7-5-4-6-8-18/h4-8,13,15-16,19,25H,3,9-12,14H2,1-2H3. The van der Waals surface area contributed by atoms with Crippen LogP contribution in [-0.2, 0) is 12.8 Å². The van der Waals surface area contributed by atoms with Crippen molar-refractivity contribution >= 4 is 16.8 Å². The molecule has 0 saturated carbocycles. The number of aryl methyl sites for hydroxylation is 2. The molecule has 0 atom stereocenters. The molecule has 0 unspecified atom stereocenters. The van der Waals surface area contributed by atoms with E-state index in [0.717, 1.165) is 55.4 Å². The second-order valence-corrected chi connectivity index (χ2v) is 7.81. The fourth-order valence-corrected chi connectivity index (χ4v) is 4.32. The summed E-state index contributed by atoms with van der Waals surface area (Å²) in [6.07, 6.45) is 6.34. The highest BCUT2D eigenvalue weighted by Gasteiger charge is 2.25. The molecule has 0 bridgehead atoms. The molecule has 1 aromatic heterocycles. The maximum atomic E-state index is 13.2. The van der Waals surface area contributed by atoms with Gasteiger partial charge in [0.1, 0.15) is 0 Å². The predicted molar refractivity (Wildman–Crippen MR) is 111 cm³/mol. The molecule has 0 radical (unpaired) electrons. The van der Waals surface area contributed by atoms with Crippen LogP contribution in [-0.4, -0.2) is 28.9 Å². The molecule has 3 heteroatoms. The van der Waals surface area contributed by atoms with Crippen LogP contribution in [0.2, 0.25) is 0 Å². The van der Waals surface area contributed by atoms with Gasteiger partial charge in [0.2, 0.25) is 0 Å². The van der Waals surface area contributed by atoms with E-state index in [1.807, 2.05) is 11.8 Å². The van der Waals surface area contributed by atoms with Gasteiger partial charge in [-0.3, -0.25) is 4.79 Å². The Kier molecular flexibility index (Phi) is 5.02. The number of likely N-dealkylation sites (tertiary alicyclic amines) is 1. The van der Waals surface area contributed by atoms with Gasteiger partial charge in [-0.25, -0.2) is 0 Å². The number of amides is 1. The number of carbonyl (C=O) groups is 1. The van der Waals surface area contributed by atoms with Crippen molar-refractivity contribution in [2.45, 2.75) is 39.5 Å². The molecule has 1 aliphatic rings. The summed E-state index contributed by atoms with van der Waals surface area (Å²) >= 11 is 0. The number of hydrogen-bond donors (Lipinski definition) is 1. The first kappa shape index (κ1) is 17.8. The van der Waals surface area contributed by atoms with Crippen LogP contribution in [0.3, 0.4) is 0 Å². The first-order chi connectivity index (χ1) is 13.2. The third-order valence-corrected chi connectivity index (χ3v) is 5.99. The summed E-state index contributed by atoms with van der Waals surface area (Å²) in [6, 6.07) is 14.9. The van der Waals surface area contributed by atoms with Gasteiger partial charge in [-0.1, -0.05) is 37.3 Å². The van der Waals surface area contributed by atoms with Gasteiger partial charge in [0.25, 0.3) is 5.91 Å². The zero-order chi connectivity index (χ0) is 18.8. The van der Waals surface area contributed by atoms with Gasteiger partial charge in [-0.2, -0.15) is 0 Å². The molecule has 1 saturated heterocycles. The number of carbonyl (C=O) groups excluding carboxylic acids is 1. The molecular formula is C24H28N2O. The smallest absolute Gasteiger partial charge is 0.254 e. The largest absolute Gasteiger partial charge is 0.361 e. The molecule has 3 nitrogen and oxygen atoms in total. The van der Waals surface area contributed by atoms with Gasteiger partial charge in [-0.05, 0) is 67.3 Å². The lowest BCUT2D eigenvalue weighted by Crippen LogP contribution is -2.39. The number of piperidine rings is 1. The topological polar surface area (TPSA) is 36.1 Å². The van der Waals surface area contributed by atoms with Gasteiger partial charge in [0, 0.05) is 35.8 Å². The zero-order valence-corrected chi connectivity index (χ0v) is 16.3. The molecule has 4 rings (SSSR count). The van der Waals surface area contributed by atoms with Crippen LogP contribution >= 0.6 is 0 Å². The average Bonchev–Trinajstić information content (AvgIpc) is 3.10. The van der Waals surface area contributed by atoms with Crippen molar-refractivity contribution in [2.24, 2.45) is 5.92 Å². The van der Waals surface area contributed by atoms with Gasteiger partial charge >= 0.3 is 0 Å². The predicted octanol–water partition coefficient (Wildman–Crippen LogP) is 5.13. The third kappa shape index (κ3) is 3.64. The third-order valence-electron chi connectivity index (χ3n) is 5.99. The van der Waals surface area contributed by atoms with Crippen molar-refractivity contribution < 1.29 is 4.79 Å². The molecule has 140 valence electrons. The van der Waals surface area contributed by atoms with E-state index in [4.69, 9.17) is 0 Å². The number of rotatable bonds is 4. The van der Waals surface area contributed by atoms with Gasteiger partial charge in [0.15, 0.2) is 0 Å². The molecule has 1 aliphatic heterocycles. The minimum atomic E-state index is 0.191. The second-order valence-electron chi connectivity index (χ2n) is 7.81. The van der Waals surface area contributed by atoms with Crippen LogP contribution in [0, 0.1) is 12.8 Å². The number of hydrogen-bond acceptors (Lipinski definition) is 1. The van der Waals surface area contributed by atoms with Crippen molar-refractivity contribution in [1.29, 1.82) is 0 Å². The molecule has 1 N–H and O–H groups in total. The number of nitrogens with zero attached hydrogens (tertiary/aromatic N) is 1. The van der Waals surface area contributed by atoms with E-state index in [1.54, 1.807) is 0 Å². The lowest BCUT2D eigenvalue weighted by molar-refractivity contribution is 0.0690. The molecule has 1 fully saturated rings. The molecule has 2 heterocycles. The van der Waals surface area contributed by atoms with E-state index < -0.39 is 0 Å². The quantitative estimate of drug-likeness (QED) is 0.687. The Morgan fingerprint density at radius 2 is 1.89 bits per heavy atom. The van der Waals surface area contributed by atoms with Crippen molar-refractivity contribution in [1.82, 2.24) is 9.88 Å². The first-order valence-electron chi connectivity index (χ1n) is 10.1. The maximum Gasteiger partial charge on any atom is 0.254 e. The van der Waals surface area contributed by atoms with Gasteiger partial charge in [-0.15, -0.1) is 0 Å². The lowest BCUT2D eigenvalue weighted by Gasteiger charge is -2.32. The van der Waals surface area contributed by atoms with E-state index in [9.17, 15) is 4.79 Å². The molecule has 2 aromatic carbocycles. The molecule has 3 aromatic rings. The fraction of sp³-hybridized carbons (Fsp3) is 0.375. The monoisotopic (exact) mass is 360 g/mol. The first-order valence-corrected chi connectivity index (χ1v) is 10.1. The summed E-state index contributed by atoms with van der Waals surface area (Å²) in [5.74, 6) is 0.868. The van der Waals surface area contributed by atoms with Crippen LogP contribution < -0.4 is 0 Å². The summed E-state index contributed by atoms with van der Waals surface area (Å²) in [7, 11) is 0. The zero-order valence-electron chi connectivity index (χ0n) is 16.3. The molecular weight excluding hydrogens is 332 g/mol. The van der Waals surface area contributed by atoms with Crippen molar-refractivity contribution in [2.75, 3.05) is 13.1 Å². The molecule has 1 amide bonds. The molecule has 0 spiro atoms. The number of benzene rings is 2. The Hall–Kier alpha value is -2.55. The summed E-state index contributed by atoms with van der Waals surface area (Å²) in [6.45, 7) is 5.92.